The van der Waals surface area contributed by atoms with Crippen LogP contribution in [0.1, 0.15) is 5.56 Å². The molecular formula is C16H16FN3O3S. The highest BCUT2D eigenvalue weighted by Crippen LogP contribution is 2.25. The summed E-state index contributed by atoms with van der Waals surface area (Å²) < 4.78 is 41.3. The van der Waals surface area contributed by atoms with Gasteiger partial charge in [-0.3, -0.25) is 4.99 Å². The SMILES string of the molecule is COc1cc(C2=NCCN2c2ccc(S(N)(=O)=O)cc2)ccc1F. The maximum atomic E-state index is 13.6. The summed E-state index contributed by atoms with van der Waals surface area (Å²) in [5.41, 5.74) is 1.50. The lowest BCUT2D eigenvalue weighted by molar-refractivity contribution is 0.386. The molecule has 0 radical (unpaired) electrons. The number of amidine groups is 1. The van der Waals surface area contributed by atoms with Crippen molar-refractivity contribution in [2.45, 2.75) is 4.90 Å². The molecule has 0 unspecified atom stereocenters. The molecule has 0 atom stereocenters. The van der Waals surface area contributed by atoms with Crippen molar-refractivity contribution in [1.82, 2.24) is 0 Å². The quantitative estimate of drug-likeness (QED) is 0.911. The molecular weight excluding hydrogens is 333 g/mol. The number of aliphatic imine (C=N–C) groups is 1. The van der Waals surface area contributed by atoms with E-state index < -0.39 is 15.8 Å². The van der Waals surface area contributed by atoms with Gasteiger partial charge in [0.1, 0.15) is 5.84 Å². The first-order chi connectivity index (χ1) is 11.4. The van der Waals surface area contributed by atoms with E-state index in [1.165, 1.54) is 25.3 Å². The molecule has 0 aliphatic carbocycles. The molecule has 8 heteroatoms. The summed E-state index contributed by atoms with van der Waals surface area (Å²) in [5.74, 6) is 0.382. The number of methoxy groups -OCH3 is 1. The van der Waals surface area contributed by atoms with Gasteiger partial charge in [-0.25, -0.2) is 17.9 Å². The molecule has 2 aromatic carbocycles. The fraction of sp³-hybridized carbons (Fsp3) is 0.188. The van der Waals surface area contributed by atoms with Crippen molar-refractivity contribution in [3.8, 4) is 5.75 Å². The Morgan fingerprint density at radius 3 is 2.54 bits per heavy atom. The van der Waals surface area contributed by atoms with Gasteiger partial charge in [0.05, 0.1) is 18.6 Å². The number of sulfonamides is 1. The van der Waals surface area contributed by atoms with Gasteiger partial charge in [0, 0.05) is 17.8 Å². The molecule has 0 bridgehead atoms. The van der Waals surface area contributed by atoms with Crippen molar-refractivity contribution >= 4 is 21.5 Å². The minimum atomic E-state index is -3.73. The molecule has 2 aromatic rings. The van der Waals surface area contributed by atoms with E-state index >= 15 is 0 Å². The molecule has 3 rings (SSSR count). The van der Waals surface area contributed by atoms with Crippen LogP contribution in [0.15, 0.2) is 52.4 Å². The number of primary sulfonamides is 1. The van der Waals surface area contributed by atoms with Crippen molar-refractivity contribution in [1.29, 1.82) is 0 Å². The Kier molecular flexibility index (Phi) is 4.25. The molecule has 24 heavy (non-hydrogen) atoms. The highest BCUT2D eigenvalue weighted by atomic mass is 32.2. The van der Waals surface area contributed by atoms with Gasteiger partial charge in [-0.15, -0.1) is 0 Å². The first-order valence-corrected chi connectivity index (χ1v) is 8.73. The highest BCUT2D eigenvalue weighted by molar-refractivity contribution is 7.89. The Labute approximate surface area is 139 Å². The van der Waals surface area contributed by atoms with Crippen molar-refractivity contribution < 1.29 is 17.5 Å². The molecule has 0 saturated heterocycles. The van der Waals surface area contributed by atoms with Gasteiger partial charge in [-0.1, -0.05) is 0 Å². The number of nitrogens with two attached hydrogens (primary N) is 1. The van der Waals surface area contributed by atoms with Crippen LogP contribution in [0.25, 0.3) is 0 Å². The second-order valence-electron chi connectivity index (χ2n) is 5.25. The van der Waals surface area contributed by atoms with Gasteiger partial charge in [0.15, 0.2) is 11.6 Å². The van der Waals surface area contributed by atoms with E-state index in [0.717, 1.165) is 11.3 Å². The fourth-order valence-corrected chi connectivity index (χ4v) is 3.08. The second kappa shape index (κ2) is 6.21. The smallest absolute Gasteiger partial charge is 0.238 e. The van der Waals surface area contributed by atoms with Crippen LogP contribution in [0.4, 0.5) is 10.1 Å². The van der Waals surface area contributed by atoms with E-state index in [2.05, 4.69) is 4.99 Å². The van der Waals surface area contributed by atoms with Crippen molar-refractivity contribution in [2.75, 3.05) is 25.1 Å². The summed E-state index contributed by atoms with van der Waals surface area (Å²) >= 11 is 0. The maximum absolute atomic E-state index is 13.6. The normalized spacial score (nSPS) is 14.6. The monoisotopic (exact) mass is 349 g/mol. The molecule has 0 spiro atoms. The van der Waals surface area contributed by atoms with Crippen LogP contribution in [0.3, 0.4) is 0 Å². The second-order valence-corrected chi connectivity index (χ2v) is 6.81. The largest absolute Gasteiger partial charge is 0.494 e. The first kappa shape index (κ1) is 16.4. The standard InChI is InChI=1S/C16H16FN3O3S/c1-23-15-10-11(2-7-14(15)17)16-19-8-9-20(16)12-3-5-13(6-4-12)24(18,21)22/h2-7,10H,8-9H2,1H3,(H2,18,21,22). The molecule has 0 fully saturated rings. The van der Waals surface area contributed by atoms with Gasteiger partial charge in [0.25, 0.3) is 0 Å². The number of halogens is 1. The molecule has 0 aromatic heterocycles. The van der Waals surface area contributed by atoms with Crippen LogP contribution >= 0.6 is 0 Å². The lowest BCUT2D eigenvalue weighted by atomic mass is 10.1. The Morgan fingerprint density at radius 2 is 1.92 bits per heavy atom. The first-order valence-electron chi connectivity index (χ1n) is 7.19. The zero-order valence-corrected chi connectivity index (χ0v) is 13.8. The van der Waals surface area contributed by atoms with Crippen LogP contribution in [-0.2, 0) is 10.0 Å². The maximum Gasteiger partial charge on any atom is 0.238 e. The average Bonchev–Trinajstić information content (AvgIpc) is 3.04. The van der Waals surface area contributed by atoms with Crippen molar-refractivity contribution in [3.63, 3.8) is 0 Å². The number of rotatable bonds is 4. The molecule has 6 nitrogen and oxygen atoms in total. The average molecular weight is 349 g/mol. The third kappa shape index (κ3) is 3.10. The fourth-order valence-electron chi connectivity index (χ4n) is 2.56. The number of ether oxygens (including phenoxy) is 1. The van der Waals surface area contributed by atoms with Crippen LogP contribution in [0, 0.1) is 5.82 Å². The van der Waals surface area contributed by atoms with E-state index in [-0.39, 0.29) is 10.6 Å². The molecule has 1 aliphatic heterocycles. The van der Waals surface area contributed by atoms with Gasteiger partial charge in [-0.05, 0) is 42.5 Å². The zero-order valence-electron chi connectivity index (χ0n) is 12.9. The molecule has 2 N–H and O–H groups in total. The van der Waals surface area contributed by atoms with Crippen molar-refractivity contribution in [2.24, 2.45) is 10.1 Å². The van der Waals surface area contributed by atoms with E-state index in [1.54, 1.807) is 24.3 Å². The highest BCUT2D eigenvalue weighted by Gasteiger charge is 2.22. The van der Waals surface area contributed by atoms with Crippen molar-refractivity contribution in [3.05, 3.63) is 53.8 Å². The van der Waals surface area contributed by atoms with Crippen LogP contribution in [-0.4, -0.2) is 34.5 Å². The van der Waals surface area contributed by atoms with Gasteiger partial charge in [0.2, 0.25) is 10.0 Å². The van der Waals surface area contributed by atoms with E-state index in [1.807, 2.05) is 4.90 Å². The third-order valence-electron chi connectivity index (χ3n) is 3.73. The predicted molar refractivity (Wildman–Crippen MR) is 89.5 cm³/mol. The predicted octanol–water partition coefficient (Wildman–Crippen LogP) is 1.75. The Balaban J connectivity index is 1.93. The lowest BCUT2D eigenvalue weighted by Crippen LogP contribution is -2.28. The number of hydrogen-bond donors (Lipinski definition) is 1. The molecule has 1 aliphatic rings. The van der Waals surface area contributed by atoms with E-state index in [4.69, 9.17) is 9.88 Å². The van der Waals surface area contributed by atoms with Gasteiger partial charge in [-0.2, -0.15) is 0 Å². The van der Waals surface area contributed by atoms with Gasteiger partial charge >= 0.3 is 0 Å². The summed E-state index contributed by atoms with van der Waals surface area (Å²) in [7, 11) is -2.32. The topological polar surface area (TPSA) is 85.0 Å². The number of benzene rings is 2. The van der Waals surface area contributed by atoms with Crippen LogP contribution in [0.5, 0.6) is 5.75 Å². The summed E-state index contributed by atoms with van der Waals surface area (Å²) in [6, 6.07) is 10.8. The van der Waals surface area contributed by atoms with Gasteiger partial charge < -0.3 is 9.64 Å². The Morgan fingerprint density at radius 1 is 1.21 bits per heavy atom. The number of nitrogens with zero attached hydrogens (tertiary/aromatic N) is 2. The number of anilines is 1. The Hall–Kier alpha value is -2.45. The summed E-state index contributed by atoms with van der Waals surface area (Å²) in [4.78, 5) is 6.44. The van der Waals surface area contributed by atoms with Crippen LogP contribution < -0.4 is 14.8 Å². The Bertz CT molecular complexity index is 895. The minimum absolute atomic E-state index is 0.0485. The minimum Gasteiger partial charge on any atom is -0.494 e. The summed E-state index contributed by atoms with van der Waals surface area (Å²) in [6.45, 7) is 1.23. The number of hydrogen-bond acceptors (Lipinski definition) is 5. The molecule has 0 saturated carbocycles. The molecule has 0 amide bonds. The zero-order chi connectivity index (χ0) is 17.3. The van der Waals surface area contributed by atoms with Crippen LogP contribution in [0.2, 0.25) is 0 Å². The third-order valence-corrected chi connectivity index (χ3v) is 4.66. The lowest BCUT2D eigenvalue weighted by Gasteiger charge is -2.21. The molecule has 1 heterocycles. The molecule has 126 valence electrons. The van der Waals surface area contributed by atoms with E-state index in [0.29, 0.717) is 18.9 Å². The summed E-state index contributed by atoms with van der Waals surface area (Å²) in [5, 5.41) is 5.11. The van der Waals surface area contributed by atoms with E-state index in [9.17, 15) is 12.8 Å². The summed E-state index contributed by atoms with van der Waals surface area (Å²) in [6.07, 6.45) is 0.